The van der Waals surface area contributed by atoms with Crippen molar-refractivity contribution < 1.29 is 14.6 Å². The molecule has 0 aliphatic heterocycles. The Labute approximate surface area is 111 Å². The maximum absolute atomic E-state index is 9.82. The quantitative estimate of drug-likeness (QED) is 0.685. The molecule has 1 atom stereocenters. The summed E-state index contributed by atoms with van der Waals surface area (Å²) in [4.78, 5) is 0. The number of rotatable bonds is 7. The van der Waals surface area contributed by atoms with E-state index in [9.17, 15) is 5.11 Å². The van der Waals surface area contributed by atoms with E-state index in [1.807, 2.05) is 13.8 Å². The van der Waals surface area contributed by atoms with Crippen molar-refractivity contribution in [3.8, 4) is 0 Å². The summed E-state index contributed by atoms with van der Waals surface area (Å²) in [5.74, 6) is 0. The van der Waals surface area contributed by atoms with Crippen LogP contribution in [0.1, 0.15) is 52.4 Å². The normalized spacial score (nSPS) is 21.8. The van der Waals surface area contributed by atoms with Gasteiger partial charge in [-0.3, -0.25) is 0 Å². The van der Waals surface area contributed by atoms with Gasteiger partial charge in [-0.25, -0.2) is 0 Å². The molecule has 0 aromatic heterocycles. The van der Waals surface area contributed by atoms with Crippen molar-refractivity contribution in [1.82, 2.24) is 0 Å². The van der Waals surface area contributed by atoms with Gasteiger partial charge in [-0.05, 0) is 26.7 Å². The molecule has 0 spiro atoms. The molecule has 1 fully saturated rings. The minimum atomic E-state index is -0.556. The molecule has 1 unspecified atom stereocenters. The standard InChI is InChI=1S/C14H29NO3/c1-12(2)17-9-13(16)10-18-14(11-15)7-5-3-4-6-8-14/h12-13,16H,3-11,15H2,1-2H3. The largest absolute Gasteiger partial charge is 0.388 e. The van der Waals surface area contributed by atoms with E-state index in [0.717, 1.165) is 12.8 Å². The van der Waals surface area contributed by atoms with E-state index in [1.165, 1.54) is 25.7 Å². The first kappa shape index (κ1) is 15.9. The zero-order valence-electron chi connectivity index (χ0n) is 11.9. The third-order valence-corrected chi connectivity index (χ3v) is 3.59. The summed E-state index contributed by atoms with van der Waals surface area (Å²) in [7, 11) is 0. The number of aliphatic hydroxyl groups excluding tert-OH is 1. The smallest absolute Gasteiger partial charge is 0.101 e. The van der Waals surface area contributed by atoms with E-state index in [2.05, 4.69) is 0 Å². The van der Waals surface area contributed by atoms with Crippen LogP contribution in [-0.2, 0) is 9.47 Å². The lowest BCUT2D eigenvalue weighted by Gasteiger charge is -2.32. The van der Waals surface area contributed by atoms with Crippen LogP contribution in [0.25, 0.3) is 0 Å². The molecule has 1 aliphatic rings. The van der Waals surface area contributed by atoms with Crippen molar-refractivity contribution in [2.24, 2.45) is 5.73 Å². The molecule has 18 heavy (non-hydrogen) atoms. The average molecular weight is 259 g/mol. The van der Waals surface area contributed by atoms with Crippen LogP contribution < -0.4 is 5.73 Å². The topological polar surface area (TPSA) is 64.7 Å². The van der Waals surface area contributed by atoms with Gasteiger partial charge in [0, 0.05) is 6.54 Å². The van der Waals surface area contributed by atoms with E-state index in [1.54, 1.807) is 0 Å². The molecule has 3 N–H and O–H groups in total. The van der Waals surface area contributed by atoms with E-state index in [-0.39, 0.29) is 11.7 Å². The van der Waals surface area contributed by atoms with E-state index in [4.69, 9.17) is 15.2 Å². The Kier molecular flexibility index (Phi) is 7.15. The van der Waals surface area contributed by atoms with Gasteiger partial charge in [-0.1, -0.05) is 25.7 Å². The van der Waals surface area contributed by atoms with Crippen molar-refractivity contribution in [2.45, 2.75) is 70.2 Å². The molecule has 0 aromatic rings. The molecule has 0 bridgehead atoms. The number of ether oxygens (including phenoxy) is 2. The second-order valence-corrected chi connectivity index (χ2v) is 5.65. The zero-order valence-corrected chi connectivity index (χ0v) is 11.9. The van der Waals surface area contributed by atoms with Gasteiger partial charge in [0.1, 0.15) is 6.10 Å². The second-order valence-electron chi connectivity index (χ2n) is 5.65. The van der Waals surface area contributed by atoms with Gasteiger partial charge >= 0.3 is 0 Å². The molecule has 108 valence electrons. The molecule has 0 radical (unpaired) electrons. The fraction of sp³-hybridized carbons (Fsp3) is 1.00. The van der Waals surface area contributed by atoms with Crippen LogP contribution in [-0.4, -0.2) is 42.7 Å². The predicted octanol–water partition coefficient (Wildman–Crippen LogP) is 1.84. The highest BCUT2D eigenvalue weighted by molar-refractivity contribution is 4.84. The summed E-state index contributed by atoms with van der Waals surface area (Å²) in [6.07, 6.45) is 6.50. The van der Waals surface area contributed by atoms with Crippen LogP contribution in [0.15, 0.2) is 0 Å². The highest BCUT2D eigenvalue weighted by Gasteiger charge is 2.31. The predicted molar refractivity (Wildman–Crippen MR) is 72.5 cm³/mol. The molecule has 4 heteroatoms. The van der Waals surface area contributed by atoms with Crippen LogP contribution >= 0.6 is 0 Å². The monoisotopic (exact) mass is 259 g/mol. The Bertz CT molecular complexity index is 213. The summed E-state index contributed by atoms with van der Waals surface area (Å²) >= 11 is 0. The molecule has 0 amide bonds. The molecular formula is C14H29NO3. The van der Waals surface area contributed by atoms with Gasteiger partial charge < -0.3 is 20.3 Å². The van der Waals surface area contributed by atoms with Crippen molar-refractivity contribution in [1.29, 1.82) is 0 Å². The van der Waals surface area contributed by atoms with Gasteiger partial charge in [-0.2, -0.15) is 0 Å². The van der Waals surface area contributed by atoms with Crippen molar-refractivity contribution >= 4 is 0 Å². The number of nitrogens with two attached hydrogens (primary N) is 1. The van der Waals surface area contributed by atoms with Crippen molar-refractivity contribution in [3.63, 3.8) is 0 Å². The van der Waals surface area contributed by atoms with Crippen molar-refractivity contribution in [3.05, 3.63) is 0 Å². The lowest BCUT2D eigenvalue weighted by atomic mass is 9.94. The maximum atomic E-state index is 9.82. The van der Waals surface area contributed by atoms with Gasteiger partial charge in [0.15, 0.2) is 0 Å². The van der Waals surface area contributed by atoms with Gasteiger partial charge in [0.25, 0.3) is 0 Å². The minimum Gasteiger partial charge on any atom is -0.388 e. The summed E-state index contributed by atoms with van der Waals surface area (Å²) < 4.78 is 11.3. The first-order valence-corrected chi connectivity index (χ1v) is 7.22. The number of aliphatic hydroxyl groups is 1. The van der Waals surface area contributed by atoms with Crippen molar-refractivity contribution in [2.75, 3.05) is 19.8 Å². The minimum absolute atomic E-state index is 0.140. The fourth-order valence-electron chi connectivity index (χ4n) is 2.40. The average Bonchev–Trinajstić information content (AvgIpc) is 2.60. The summed E-state index contributed by atoms with van der Waals surface area (Å²) in [5, 5.41) is 9.82. The molecule has 0 saturated heterocycles. The number of hydrogen-bond acceptors (Lipinski definition) is 4. The summed E-state index contributed by atoms with van der Waals surface area (Å²) in [6, 6.07) is 0. The lowest BCUT2D eigenvalue weighted by molar-refractivity contribution is -0.102. The van der Waals surface area contributed by atoms with Gasteiger partial charge in [0.2, 0.25) is 0 Å². The van der Waals surface area contributed by atoms with Crippen LogP contribution in [0.5, 0.6) is 0 Å². The molecule has 0 aromatic carbocycles. The fourth-order valence-corrected chi connectivity index (χ4v) is 2.40. The molecule has 1 saturated carbocycles. The van der Waals surface area contributed by atoms with Gasteiger partial charge in [-0.15, -0.1) is 0 Å². The highest BCUT2D eigenvalue weighted by Crippen LogP contribution is 2.29. The second kappa shape index (κ2) is 8.10. The van der Waals surface area contributed by atoms with E-state index in [0.29, 0.717) is 19.8 Å². The Hall–Kier alpha value is -0.160. The Morgan fingerprint density at radius 3 is 2.22 bits per heavy atom. The Morgan fingerprint density at radius 2 is 1.72 bits per heavy atom. The van der Waals surface area contributed by atoms with E-state index < -0.39 is 6.10 Å². The first-order valence-electron chi connectivity index (χ1n) is 7.22. The third-order valence-electron chi connectivity index (χ3n) is 3.59. The van der Waals surface area contributed by atoms with E-state index >= 15 is 0 Å². The summed E-state index contributed by atoms with van der Waals surface area (Å²) in [6.45, 7) is 5.12. The van der Waals surface area contributed by atoms with Gasteiger partial charge in [0.05, 0.1) is 24.9 Å². The lowest BCUT2D eigenvalue weighted by Crippen LogP contribution is -2.42. The Balaban J connectivity index is 2.33. The summed E-state index contributed by atoms with van der Waals surface area (Å²) in [5.41, 5.74) is 5.67. The molecule has 1 rings (SSSR count). The van der Waals surface area contributed by atoms with Crippen LogP contribution in [0.2, 0.25) is 0 Å². The SMILES string of the molecule is CC(C)OCC(O)COC1(CN)CCCCCC1. The molecule has 1 aliphatic carbocycles. The molecule has 0 heterocycles. The van der Waals surface area contributed by atoms with Crippen LogP contribution in [0, 0.1) is 0 Å². The maximum Gasteiger partial charge on any atom is 0.101 e. The number of hydrogen-bond donors (Lipinski definition) is 2. The van der Waals surface area contributed by atoms with Crippen LogP contribution in [0.3, 0.4) is 0 Å². The third kappa shape index (κ3) is 5.65. The molecule has 4 nitrogen and oxygen atoms in total. The van der Waals surface area contributed by atoms with Crippen LogP contribution in [0.4, 0.5) is 0 Å². The Morgan fingerprint density at radius 1 is 1.11 bits per heavy atom. The molecular weight excluding hydrogens is 230 g/mol. The zero-order chi connectivity index (χ0) is 13.4. The first-order chi connectivity index (χ1) is 8.58. The highest BCUT2D eigenvalue weighted by atomic mass is 16.5.